The van der Waals surface area contributed by atoms with Crippen molar-refractivity contribution in [3.8, 4) is 0 Å². The fraction of sp³-hybridized carbons (Fsp3) is 1.00. The molecule has 2 atom stereocenters. The molecule has 1 aliphatic carbocycles. The number of hydrogen-bond donors (Lipinski definition) is 0. The minimum absolute atomic E-state index is 0.843. The molecule has 0 amide bonds. The summed E-state index contributed by atoms with van der Waals surface area (Å²) in [6.07, 6.45) is 7.53. The van der Waals surface area contributed by atoms with E-state index in [4.69, 9.17) is 0 Å². The third kappa shape index (κ3) is 2.50. The molecule has 2 unspecified atom stereocenters. The lowest BCUT2D eigenvalue weighted by Gasteiger charge is -2.41. The summed E-state index contributed by atoms with van der Waals surface area (Å²) in [5, 5.41) is 0. The molecule has 0 aromatic carbocycles. The number of piperidine rings is 1. The number of likely N-dealkylation sites (tertiary alicyclic amines) is 1. The largest absolute Gasteiger partial charge is 0.303 e. The Hall–Kier alpha value is -0.0400. The van der Waals surface area contributed by atoms with Crippen LogP contribution in [-0.2, 0) is 0 Å². The minimum atomic E-state index is 0.843. The van der Waals surface area contributed by atoms with Gasteiger partial charge >= 0.3 is 0 Å². The Labute approximate surface area is 88.9 Å². The molecule has 2 fully saturated rings. The summed E-state index contributed by atoms with van der Waals surface area (Å²) < 4.78 is 0. The fourth-order valence-electron chi connectivity index (χ4n) is 3.36. The molecule has 14 heavy (non-hydrogen) atoms. The van der Waals surface area contributed by atoms with Gasteiger partial charge in [-0.15, -0.1) is 0 Å². The molecule has 2 aliphatic rings. The van der Waals surface area contributed by atoms with Crippen molar-refractivity contribution in [1.29, 1.82) is 0 Å². The summed E-state index contributed by atoms with van der Waals surface area (Å²) in [5.41, 5.74) is 0. The minimum Gasteiger partial charge on any atom is -0.303 e. The Morgan fingerprint density at radius 3 is 2.50 bits per heavy atom. The first-order valence-electron chi connectivity index (χ1n) is 6.48. The highest BCUT2D eigenvalue weighted by molar-refractivity contribution is 4.83. The van der Waals surface area contributed by atoms with Crippen LogP contribution in [0.3, 0.4) is 0 Å². The summed E-state index contributed by atoms with van der Waals surface area (Å²) in [7, 11) is 0. The first kappa shape index (κ1) is 10.5. The lowest BCUT2D eigenvalue weighted by Crippen LogP contribution is -2.43. The maximum Gasteiger partial charge on any atom is 0.00124 e. The zero-order valence-electron chi connectivity index (χ0n) is 9.84. The molecule has 0 spiro atoms. The summed E-state index contributed by atoms with van der Waals surface area (Å²) >= 11 is 0. The quantitative estimate of drug-likeness (QED) is 0.654. The molecule has 0 aromatic heterocycles. The lowest BCUT2D eigenvalue weighted by molar-refractivity contribution is 0.0791. The monoisotopic (exact) mass is 195 g/mol. The molecule has 1 heteroatoms. The summed E-state index contributed by atoms with van der Waals surface area (Å²) in [6, 6.07) is 0. The molecule has 1 aliphatic heterocycles. The van der Waals surface area contributed by atoms with Crippen molar-refractivity contribution in [2.75, 3.05) is 19.6 Å². The molecule has 2 rings (SSSR count). The molecule has 1 nitrogen and oxygen atoms in total. The van der Waals surface area contributed by atoms with E-state index in [-0.39, 0.29) is 0 Å². The van der Waals surface area contributed by atoms with E-state index >= 15 is 0 Å². The lowest BCUT2D eigenvalue weighted by atomic mass is 9.75. The van der Waals surface area contributed by atoms with Crippen molar-refractivity contribution in [3.63, 3.8) is 0 Å². The molecule has 0 radical (unpaired) electrons. The van der Waals surface area contributed by atoms with Gasteiger partial charge in [-0.25, -0.2) is 0 Å². The molecular formula is C13H25N. The molecule has 1 heterocycles. The molecule has 0 aromatic rings. The normalized spacial score (nSPS) is 34.5. The SMILES string of the molecule is CC(C)CN1CCC2CCCCC2C1. The van der Waals surface area contributed by atoms with E-state index in [1.54, 1.807) is 0 Å². The third-order valence-corrected chi connectivity index (χ3v) is 4.00. The Bertz CT molecular complexity index is 176. The zero-order chi connectivity index (χ0) is 9.97. The zero-order valence-corrected chi connectivity index (χ0v) is 9.84. The Morgan fingerprint density at radius 1 is 1.07 bits per heavy atom. The van der Waals surface area contributed by atoms with Gasteiger partial charge in [0.1, 0.15) is 0 Å². The van der Waals surface area contributed by atoms with Crippen molar-refractivity contribution in [2.45, 2.75) is 46.0 Å². The maximum absolute atomic E-state index is 2.71. The Morgan fingerprint density at radius 2 is 1.79 bits per heavy atom. The fourth-order valence-corrected chi connectivity index (χ4v) is 3.36. The first-order valence-corrected chi connectivity index (χ1v) is 6.48. The van der Waals surface area contributed by atoms with Gasteiger partial charge in [0.15, 0.2) is 0 Å². The Kier molecular flexibility index (Phi) is 3.48. The van der Waals surface area contributed by atoms with Crippen LogP contribution in [0.25, 0.3) is 0 Å². The van der Waals surface area contributed by atoms with Crippen molar-refractivity contribution in [2.24, 2.45) is 17.8 Å². The van der Waals surface area contributed by atoms with Crippen LogP contribution >= 0.6 is 0 Å². The van der Waals surface area contributed by atoms with Crippen LogP contribution < -0.4 is 0 Å². The van der Waals surface area contributed by atoms with Gasteiger partial charge in [0.25, 0.3) is 0 Å². The van der Waals surface area contributed by atoms with Crippen LogP contribution in [0.5, 0.6) is 0 Å². The van der Waals surface area contributed by atoms with Gasteiger partial charge in [0.2, 0.25) is 0 Å². The van der Waals surface area contributed by atoms with Gasteiger partial charge in [-0.05, 0) is 37.1 Å². The van der Waals surface area contributed by atoms with Crippen molar-refractivity contribution >= 4 is 0 Å². The van der Waals surface area contributed by atoms with Gasteiger partial charge in [0.05, 0.1) is 0 Å². The van der Waals surface area contributed by atoms with Gasteiger partial charge in [-0.2, -0.15) is 0 Å². The van der Waals surface area contributed by atoms with Gasteiger partial charge in [0, 0.05) is 13.1 Å². The second-order valence-electron chi connectivity index (χ2n) is 5.75. The van der Waals surface area contributed by atoms with Crippen molar-refractivity contribution in [3.05, 3.63) is 0 Å². The van der Waals surface area contributed by atoms with E-state index in [1.165, 1.54) is 51.7 Å². The summed E-state index contributed by atoms with van der Waals surface area (Å²) in [6.45, 7) is 8.78. The van der Waals surface area contributed by atoms with Crippen LogP contribution in [-0.4, -0.2) is 24.5 Å². The predicted octanol–water partition coefficient (Wildman–Crippen LogP) is 3.15. The van der Waals surface area contributed by atoms with Crippen molar-refractivity contribution in [1.82, 2.24) is 4.90 Å². The maximum atomic E-state index is 2.71. The van der Waals surface area contributed by atoms with E-state index in [2.05, 4.69) is 18.7 Å². The molecule has 1 saturated carbocycles. The third-order valence-electron chi connectivity index (χ3n) is 4.00. The second-order valence-corrected chi connectivity index (χ2v) is 5.75. The highest BCUT2D eigenvalue weighted by atomic mass is 15.1. The van der Waals surface area contributed by atoms with E-state index in [0.717, 1.165) is 17.8 Å². The van der Waals surface area contributed by atoms with Crippen LogP contribution in [0.15, 0.2) is 0 Å². The molecule has 0 N–H and O–H groups in total. The number of nitrogens with zero attached hydrogens (tertiary/aromatic N) is 1. The standard InChI is InChI=1S/C13H25N/c1-11(2)9-14-8-7-12-5-3-4-6-13(12)10-14/h11-13H,3-10H2,1-2H3. The number of rotatable bonds is 2. The molecule has 1 saturated heterocycles. The van der Waals surface area contributed by atoms with Crippen molar-refractivity contribution < 1.29 is 0 Å². The topological polar surface area (TPSA) is 3.24 Å². The van der Waals surface area contributed by atoms with Gasteiger partial charge in [-0.3, -0.25) is 0 Å². The number of hydrogen-bond acceptors (Lipinski definition) is 1. The summed E-state index contributed by atoms with van der Waals surface area (Å²) in [5.74, 6) is 2.98. The van der Waals surface area contributed by atoms with E-state index in [0.29, 0.717) is 0 Å². The molecular weight excluding hydrogens is 170 g/mol. The first-order chi connectivity index (χ1) is 6.75. The smallest absolute Gasteiger partial charge is 0.00124 e. The van der Waals surface area contributed by atoms with Crippen LogP contribution in [0.4, 0.5) is 0 Å². The van der Waals surface area contributed by atoms with Crippen LogP contribution in [0.1, 0.15) is 46.0 Å². The molecule has 0 bridgehead atoms. The second kappa shape index (κ2) is 4.65. The molecule has 82 valence electrons. The average Bonchev–Trinajstić information content (AvgIpc) is 2.17. The van der Waals surface area contributed by atoms with Crippen LogP contribution in [0, 0.1) is 17.8 Å². The van der Waals surface area contributed by atoms with Crippen LogP contribution in [0.2, 0.25) is 0 Å². The predicted molar refractivity (Wildman–Crippen MR) is 61.3 cm³/mol. The highest BCUT2D eigenvalue weighted by Crippen LogP contribution is 2.36. The van der Waals surface area contributed by atoms with E-state index < -0.39 is 0 Å². The van der Waals surface area contributed by atoms with E-state index in [1.807, 2.05) is 0 Å². The van der Waals surface area contributed by atoms with E-state index in [9.17, 15) is 0 Å². The van der Waals surface area contributed by atoms with Gasteiger partial charge in [-0.1, -0.05) is 33.1 Å². The van der Waals surface area contributed by atoms with Gasteiger partial charge < -0.3 is 4.90 Å². The Balaban J connectivity index is 1.83. The summed E-state index contributed by atoms with van der Waals surface area (Å²) in [4.78, 5) is 2.71. The average molecular weight is 195 g/mol. The highest BCUT2D eigenvalue weighted by Gasteiger charge is 2.30. The number of fused-ring (bicyclic) bond motifs is 1.